The normalized spacial score (nSPS) is 15.0. The highest BCUT2D eigenvalue weighted by atomic mass is 19.1. The summed E-state index contributed by atoms with van der Waals surface area (Å²) in [6.45, 7) is -0.898. The highest BCUT2D eigenvalue weighted by Crippen LogP contribution is 2.30. The van der Waals surface area contributed by atoms with Crippen LogP contribution in [0.15, 0.2) is 30.5 Å². The number of fused-ring (bicyclic) bond motifs is 1. The van der Waals surface area contributed by atoms with Crippen molar-refractivity contribution in [2.75, 3.05) is 45.4 Å². The van der Waals surface area contributed by atoms with Gasteiger partial charge in [-0.3, -0.25) is 4.79 Å². The van der Waals surface area contributed by atoms with Crippen LogP contribution in [0.1, 0.15) is 16.1 Å². The van der Waals surface area contributed by atoms with Gasteiger partial charge in [0.15, 0.2) is 11.5 Å². The number of morpholine rings is 1. The van der Waals surface area contributed by atoms with Gasteiger partial charge in [-0.2, -0.15) is 10.1 Å². The van der Waals surface area contributed by atoms with Crippen LogP contribution in [0.25, 0.3) is 16.7 Å². The Kier molecular flexibility index (Phi) is 5.31. The molecule has 30 heavy (non-hydrogen) atoms. The van der Waals surface area contributed by atoms with Gasteiger partial charge >= 0.3 is 0 Å². The Morgan fingerprint density at radius 1 is 1.23 bits per heavy atom. The summed E-state index contributed by atoms with van der Waals surface area (Å²) in [5.41, 5.74) is 3.91. The lowest BCUT2D eigenvalue weighted by Crippen LogP contribution is -2.41. The SMILES string of the molecule is Nc1nccc(-n2nc(C(=O)N3CCOCC3)c3ccc(C(O)(CF)CF)cc32)n1. The highest BCUT2D eigenvalue weighted by molar-refractivity contribution is 6.05. The van der Waals surface area contributed by atoms with E-state index in [1.165, 1.54) is 35.1 Å². The summed E-state index contributed by atoms with van der Waals surface area (Å²) in [6.07, 6.45) is 1.43. The maximum atomic E-state index is 13.4. The first-order chi connectivity index (χ1) is 14.5. The molecule has 1 saturated heterocycles. The number of rotatable bonds is 5. The van der Waals surface area contributed by atoms with E-state index < -0.39 is 19.0 Å². The summed E-state index contributed by atoms with van der Waals surface area (Å²) >= 11 is 0. The Bertz CT molecular complexity index is 1080. The van der Waals surface area contributed by atoms with Crippen LogP contribution in [0.3, 0.4) is 0 Å². The number of nitrogen functional groups attached to an aromatic ring is 1. The molecule has 1 amide bonds. The number of halogens is 2. The quantitative estimate of drug-likeness (QED) is 0.634. The number of aliphatic hydroxyl groups is 1. The number of nitrogens with two attached hydrogens (primary N) is 1. The molecular weight excluding hydrogens is 398 g/mol. The first-order valence-corrected chi connectivity index (χ1v) is 9.30. The topological polar surface area (TPSA) is 119 Å². The van der Waals surface area contributed by atoms with Gasteiger partial charge in [-0.1, -0.05) is 6.07 Å². The zero-order valence-electron chi connectivity index (χ0n) is 16.0. The third-order valence-corrected chi connectivity index (χ3v) is 5.04. The zero-order valence-corrected chi connectivity index (χ0v) is 16.0. The predicted octanol–water partition coefficient (Wildman–Crippen LogP) is 0.997. The van der Waals surface area contributed by atoms with E-state index in [9.17, 15) is 18.7 Å². The number of nitrogens with zero attached hydrogens (tertiary/aromatic N) is 5. The molecule has 0 saturated carbocycles. The van der Waals surface area contributed by atoms with E-state index in [4.69, 9.17) is 10.5 Å². The van der Waals surface area contributed by atoms with Gasteiger partial charge < -0.3 is 20.5 Å². The molecule has 0 aliphatic carbocycles. The third-order valence-electron chi connectivity index (χ3n) is 5.04. The van der Waals surface area contributed by atoms with Crippen LogP contribution in [0.2, 0.25) is 0 Å². The smallest absolute Gasteiger partial charge is 0.275 e. The van der Waals surface area contributed by atoms with Gasteiger partial charge in [0.1, 0.15) is 19.0 Å². The van der Waals surface area contributed by atoms with E-state index in [0.29, 0.717) is 37.2 Å². The fourth-order valence-corrected chi connectivity index (χ4v) is 3.32. The molecule has 3 aromatic rings. The van der Waals surface area contributed by atoms with Crippen LogP contribution in [0.5, 0.6) is 0 Å². The molecule has 0 unspecified atom stereocenters. The summed E-state index contributed by atoms with van der Waals surface area (Å²) in [6, 6.07) is 5.84. The van der Waals surface area contributed by atoms with Crippen LogP contribution >= 0.6 is 0 Å². The van der Waals surface area contributed by atoms with Crippen LogP contribution < -0.4 is 5.73 Å². The van der Waals surface area contributed by atoms with E-state index >= 15 is 0 Å². The molecule has 9 nitrogen and oxygen atoms in total. The van der Waals surface area contributed by atoms with Crippen LogP contribution in [-0.2, 0) is 10.3 Å². The highest BCUT2D eigenvalue weighted by Gasteiger charge is 2.32. The maximum absolute atomic E-state index is 13.4. The minimum atomic E-state index is -2.29. The van der Waals surface area contributed by atoms with Crippen molar-refractivity contribution >= 4 is 22.8 Å². The van der Waals surface area contributed by atoms with Crippen molar-refractivity contribution in [3.8, 4) is 5.82 Å². The number of aromatic nitrogens is 4. The number of hydrogen-bond acceptors (Lipinski definition) is 7. The second-order valence-electron chi connectivity index (χ2n) is 6.97. The van der Waals surface area contributed by atoms with Gasteiger partial charge in [-0.25, -0.2) is 18.4 Å². The molecule has 0 atom stereocenters. The summed E-state index contributed by atoms with van der Waals surface area (Å²) in [7, 11) is 0. The Morgan fingerprint density at radius 3 is 2.63 bits per heavy atom. The summed E-state index contributed by atoms with van der Waals surface area (Å²) in [5, 5.41) is 15.1. The fourth-order valence-electron chi connectivity index (χ4n) is 3.32. The monoisotopic (exact) mass is 418 g/mol. The fraction of sp³-hybridized carbons (Fsp3) is 0.368. The molecule has 1 aliphatic heterocycles. The van der Waals surface area contributed by atoms with Crippen molar-refractivity contribution in [1.82, 2.24) is 24.6 Å². The number of alkyl halides is 2. The molecule has 158 valence electrons. The summed E-state index contributed by atoms with van der Waals surface area (Å²) in [5.74, 6) is -0.0323. The molecular formula is C19H20F2N6O3. The molecule has 11 heteroatoms. The second-order valence-corrected chi connectivity index (χ2v) is 6.97. The molecule has 2 aromatic heterocycles. The van der Waals surface area contributed by atoms with Gasteiger partial charge in [0.25, 0.3) is 5.91 Å². The summed E-state index contributed by atoms with van der Waals surface area (Å²) in [4.78, 5) is 22.7. The molecule has 0 spiro atoms. The van der Waals surface area contributed by atoms with E-state index in [2.05, 4.69) is 15.1 Å². The van der Waals surface area contributed by atoms with Crippen LogP contribution in [0.4, 0.5) is 14.7 Å². The second kappa shape index (κ2) is 7.92. The Morgan fingerprint density at radius 2 is 1.97 bits per heavy atom. The molecule has 0 bridgehead atoms. The molecule has 1 aliphatic rings. The van der Waals surface area contributed by atoms with Crippen molar-refractivity contribution in [1.29, 1.82) is 0 Å². The summed E-state index contributed by atoms with van der Waals surface area (Å²) < 4.78 is 33.4. The van der Waals surface area contributed by atoms with Crippen LogP contribution in [-0.4, -0.2) is 75.3 Å². The Hall–Kier alpha value is -3.18. The molecule has 4 rings (SSSR count). The van der Waals surface area contributed by atoms with Gasteiger partial charge in [-0.15, -0.1) is 0 Å². The van der Waals surface area contributed by atoms with E-state index in [-0.39, 0.29) is 28.9 Å². The molecule has 3 heterocycles. The van der Waals surface area contributed by atoms with Crippen molar-refractivity contribution in [2.24, 2.45) is 0 Å². The first-order valence-electron chi connectivity index (χ1n) is 9.30. The minimum Gasteiger partial charge on any atom is -0.380 e. The van der Waals surface area contributed by atoms with Crippen LogP contribution in [0, 0.1) is 0 Å². The number of hydrogen-bond donors (Lipinski definition) is 2. The standard InChI is InChI=1S/C19H20F2N6O3/c20-10-19(29,11-21)12-1-2-13-14(9-12)27(15-3-4-23-18(22)24-15)25-16(13)17(28)26-5-7-30-8-6-26/h1-4,9,29H,5-8,10-11H2,(H2,22,23,24). The first kappa shape index (κ1) is 20.1. The van der Waals surface area contributed by atoms with Crippen molar-refractivity contribution < 1.29 is 23.4 Å². The minimum absolute atomic E-state index is 0.00242. The number of ether oxygens (including phenoxy) is 1. The number of anilines is 1. The van der Waals surface area contributed by atoms with Gasteiger partial charge in [0.2, 0.25) is 5.95 Å². The molecule has 0 radical (unpaired) electrons. The van der Waals surface area contributed by atoms with Crippen molar-refractivity contribution in [3.63, 3.8) is 0 Å². The predicted molar refractivity (Wildman–Crippen MR) is 104 cm³/mol. The number of carbonyl (C=O) groups is 1. The average Bonchev–Trinajstić information content (AvgIpc) is 3.17. The van der Waals surface area contributed by atoms with Gasteiger partial charge in [0.05, 0.1) is 18.7 Å². The lowest BCUT2D eigenvalue weighted by atomic mass is 9.95. The van der Waals surface area contributed by atoms with E-state index in [1.807, 2.05) is 0 Å². The van der Waals surface area contributed by atoms with E-state index in [1.54, 1.807) is 4.90 Å². The zero-order chi connectivity index (χ0) is 21.3. The third kappa shape index (κ3) is 3.46. The Balaban J connectivity index is 1.90. The number of benzene rings is 1. The van der Waals surface area contributed by atoms with Crippen molar-refractivity contribution in [3.05, 3.63) is 41.7 Å². The maximum Gasteiger partial charge on any atom is 0.275 e. The molecule has 1 fully saturated rings. The van der Waals surface area contributed by atoms with Gasteiger partial charge in [-0.05, 0) is 17.7 Å². The number of carbonyl (C=O) groups excluding carboxylic acids is 1. The van der Waals surface area contributed by atoms with Gasteiger partial charge in [0, 0.05) is 30.7 Å². The number of amides is 1. The van der Waals surface area contributed by atoms with E-state index in [0.717, 1.165) is 0 Å². The largest absolute Gasteiger partial charge is 0.380 e. The lowest BCUT2D eigenvalue weighted by molar-refractivity contribution is -0.0110. The lowest BCUT2D eigenvalue weighted by Gasteiger charge is -2.26. The Labute approximate surface area is 170 Å². The average molecular weight is 418 g/mol. The van der Waals surface area contributed by atoms with Crippen molar-refractivity contribution in [2.45, 2.75) is 5.60 Å². The molecule has 3 N–H and O–H groups in total. The molecule has 1 aromatic carbocycles.